The van der Waals surface area contributed by atoms with Gasteiger partial charge >= 0.3 is 7.60 Å². The minimum absolute atomic E-state index is 0.550. The second-order valence-corrected chi connectivity index (χ2v) is 10.3. The Labute approximate surface area is 162 Å². The summed E-state index contributed by atoms with van der Waals surface area (Å²) in [6.07, 6.45) is 3.03. The van der Waals surface area contributed by atoms with Gasteiger partial charge in [-0.2, -0.15) is 0 Å². The average molecular weight is 419 g/mol. The SMILES string of the molecule is O=P([O-])(O)C(C[n+]1ccc(-c2cccc(-c3ccccc3)c2)cc1)P(=O)(O)O. The molecule has 2 unspecified atom stereocenters. The first-order valence-corrected chi connectivity index (χ1v) is 11.7. The Morgan fingerprint density at radius 2 is 1.29 bits per heavy atom. The summed E-state index contributed by atoms with van der Waals surface area (Å²) in [4.78, 5) is 38.9. The maximum atomic E-state index is 11.4. The Morgan fingerprint density at radius 3 is 1.79 bits per heavy atom. The average Bonchev–Trinajstić information content (AvgIpc) is 2.66. The molecule has 0 bridgehead atoms. The van der Waals surface area contributed by atoms with Crippen LogP contribution in [0.25, 0.3) is 22.3 Å². The number of benzene rings is 2. The molecule has 3 N–H and O–H groups in total. The monoisotopic (exact) mass is 419 g/mol. The fraction of sp³-hybridized carbons (Fsp3) is 0.105. The predicted molar refractivity (Wildman–Crippen MR) is 103 cm³/mol. The molecule has 0 spiro atoms. The van der Waals surface area contributed by atoms with Crippen LogP contribution in [-0.2, 0) is 15.7 Å². The van der Waals surface area contributed by atoms with Crippen molar-refractivity contribution in [3.05, 3.63) is 79.1 Å². The van der Waals surface area contributed by atoms with Gasteiger partial charge in [-0.05, 0) is 28.3 Å². The Bertz CT molecular complexity index is 1020. The first-order chi connectivity index (χ1) is 13.1. The molecule has 0 aliphatic heterocycles. The largest absolute Gasteiger partial charge is 0.778 e. The smallest absolute Gasteiger partial charge is 0.343 e. The summed E-state index contributed by atoms with van der Waals surface area (Å²) in [5.41, 5.74) is 3.92. The number of hydrogen-bond donors (Lipinski definition) is 3. The van der Waals surface area contributed by atoms with E-state index in [1.54, 1.807) is 12.1 Å². The Hall–Kier alpha value is -2.11. The summed E-state index contributed by atoms with van der Waals surface area (Å²) >= 11 is 0. The third-order valence-corrected chi connectivity index (χ3v) is 7.97. The van der Waals surface area contributed by atoms with Gasteiger partial charge in [-0.3, -0.25) is 4.57 Å². The van der Waals surface area contributed by atoms with Crippen LogP contribution >= 0.6 is 15.2 Å². The van der Waals surface area contributed by atoms with Gasteiger partial charge in [-0.15, -0.1) is 0 Å². The quantitative estimate of drug-likeness (QED) is 0.417. The molecule has 0 radical (unpaired) electrons. The topological polar surface area (TPSA) is 122 Å². The first-order valence-electron chi connectivity index (χ1n) is 8.38. The number of rotatable bonds is 6. The molecular weight excluding hydrogens is 400 g/mol. The number of nitrogens with zero attached hydrogens (tertiary/aromatic N) is 1. The van der Waals surface area contributed by atoms with Gasteiger partial charge in [-0.25, -0.2) is 4.57 Å². The van der Waals surface area contributed by atoms with Crippen LogP contribution < -0.4 is 9.46 Å². The van der Waals surface area contributed by atoms with Gasteiger partial charge in [0.1, 0.15) is 0 Å². The van der Waals surface area contributed by atoms with Crippen molar-refractivity contribution in [3.8, 4) is 22.3 Å². The van der Waals surface area contributed by atoms with Crippen molar-refractivity contribution in [2.45, 2.75) is 11.9 Å². The van der Waals surface area contributed by atoms with Crippen molar-refractivity contribution in [2.75, 3.05) is 0 Å². The van der Waals surface area contributed by atoms with E-state index < -0.39 is 27.1 Å². The lowest BCUT2D eigenvalue weighted by Crippen LogP contribution is -2.40. The third kappa shape index (κ3) is 5.03. The summed E-state index contributed by atoms with van der Waals surface area (Å²) in [7, 11) is -10.2. The van der Waals surface area contributed by atoms with Gasteiger partial charge in [0.15, 0.2) is 31.9 Å². The second kappa shape index (κ2) is 8.10. The summed E-state index contributed by atoms with van der Waals surface area (Å²) in [5, 5.41) is -2.18. The van der Waals surface area contributed by atoms with E-state index in [9.17, 15) is 23.8 Å². The lowest BCUT2D eigenvalue weighted by molar-refractivity contribution is -0.694. The molecule has 3 rings (SSSR count). The van der Waals surface area contributed by atoms with Crippen LogP contribution in [0.5, 0.6) is 0 Å². The number of hydrogen-bond acceptors (Lipinski definition) is 3. The zero-order chi connectivity index (χ0) is 20.4. The lowest BCUT2D eigenvalue weighted by Gasteiger charge is -2.25. The van der Waals surface area contributed by atoms with Crippen LogP contribution in [0.1, 0.15) is 0 Å². The van der Waals surface area contributed by atoms with E-state index in [0.717, 1.165) is 22.3 Å². The van der Waals surface area contributed by atoms with Crippen LogP contribution in [0.15, 0.2) is 79.1 Å². The van der Waals surface area contributed by atoms with Crippen molar-refractivity contribution in [1.29, 1.82) is 0 Å². The van der Waals surface area contributed by atoms with Crippen molar-refractivity contribution < 1.29 is 33.3 Å². The van der Waals surface area contributed by atoms with Gasteiger partial charge < -0.3 is 24.1 Å². The zero-order valence-electron chi connectivity index (χ0n) is 14.7. The Morgan fingerprint density at radius 1 is 0.786 bits per heavy atom. The van der Waals surface area contributed by atoms with Crippen LogP contribution in [0.2, 0.25) is 0 Å². The van der Waals surface area contributed by atoms with Crippen molar-refractivity contribution in [2.24, 2.45) is 0 Å². The molecule has 7 nitrogen and oxygen atoms in total. The molecule has 0 saturated heterocycles. The number of aromatic nitrogens is 1. The predicted octanol–water partition coefficient (Wildman–Crippen LogP) is 2.36. The van der Waals surface area contributed by atoms with E-state index in [-0.39, 0.29) is 0 Å². The van der Waals surface area contributed by atoms with Crippen LogP contribution in [0.4, 0.5) is 0 Å². The molecule has 1 aromatic heterocycles. The maximum absolute atomic E-state index is 11.4. The van der Waals surface area contributed by atoms with Crippen molar-refractivity contribution in [3.63, 3.8) is 0 Å². The Kier molecular flexibility index (Phi) is 5.96. The molecule has 2 aromatic carbocycles. The molecule has 2 atom stereocenters. The summed E-state index contributed by atoms with van der Waals surface area (Å²) in [6, 6.07) is 21.2. The molecule has 0 fully saturated rings. The fourth-order valence-corrected chi connectivity index (χ4v) is 5.19. The van der Waals surface area contributed by atoms with Gasteiger partial charge in [0.2, 0.25) is 0 Å². The van der Waals surface area contributed by atoms with Crippen molar-refractivity contribution in [1.82, 2.24) is 0 Å². The normalized spacial score (nSPS) is 15.0. The lowest BCUT2D eigenvalue weighted by atomic mass is 10.00. The third-order valence-electron chi connectivity index (χ3n) is 4.33. The highest BCUT2D eigenvalue weighted by Gasteiger charge is 2.40. The highest BCUT2D eigenvalue weighted by Crippen LogP contribution is 2.57. The van der Waals surface area contributed by atoms with Crippen LogP contribution in [-0.4, -0.2) is 20.1 Å². The molecule has 0 amide bonds. The van der Waals surface area contributed by atoms with E-state index in [1.165, 1.54) is 17.0 Å². The molecule has 3 aromatic rings. The van der Waals surface area contributed by atoms with Gasteiger partial charge in [0.05, 0.1) is 0 Å². The second-order valence-electron chi connectivity index (χ2n) is 6.36. The van der Waals surface area contributed by atoms with Crippen LogP contribution in [0.3, 0.4) is 0 Å². The highest BCUT2D eigenvalue weighted by molar-refractivity contribution is 7.70. The van der Waals surface area contributed by atoms with Crippen molar-refractivity contribution >= 4 is 15.2 Å². The van der Waals surface area contributed by atoms with E-state index in [2.05, 4.69) is 0 Å². The van der Waals surface area contributed by atoms with E-state index in [4.69, 9.17) is 4.89 Å². The van der Waals surface area contributed by atoms with Gasteiger partial charge in [0.25, 0.3) is 0 Å². The van der Waals surface area contributed by atoms with Gasteiger partial charge in [0, 0.05) is 12.1 Å². The molecular formula is C19H19NO6P2. The van der Waals surface area contributed by atoms with E-state index in [0.29, 0.717) is 0 Å². The molecule has 0 aliphatic carbocycles. The van der Waals surface area contributed by atoms with E-state index in [1.807, 2.05) is 54.6 Å². The number of pyridine rings is 1. The molecule has 9 heteroatoms. The van der Waals surface area contributed by atoms with Gasteiger partial charge in [-0.1, -0.05) is 48.5 Å². The molecule has 146 valence electrons. The highest BCUT2D eigenvalue weighted by atomic mass is 31.2. The minimum atomic E-state index is -5.21. The fourth-order valence-electron chi connectivity index (χ4n) is 2.87. The van der Waals surface area contributed by atoms with Crippen LogP contribution in [0, 0.1) is 0 Å². The standard InChI is InChI=1S/C19H19NO6P2/c21-27(22,23)19(28(24,25)26)14-20-11-9-16(10-12-20)18-8-4-7-17(13-18)15-5-2-1-3-6-15/h1-13,19H,14H2,(H3-,21,22,23,24,25,26). The summed E-state index contributed by atoms with van der Waals surface area (Å²) < 4.78 is 24.0. The summed E-state index contributed by atoms with van der Waals surface area (Å²) in [5.74, 6) is 0. The molecule has 28 heavy (non-hydrogen) atoms. The summed E-state index contributed by atoms with van der Waals surface area (Å²) in [6.45, 7) is -0.550. The maximum Gasteiger partial charge on any atom is 0.343 e. The molecule has 0 aliphatic rings. The zero-order valence-corrected chi connectivity index (χ0v) is 16.5. The van der Waals surface area contributed by atoms with E-state index >= 15 is 0 Å². The molecule has 0 saturated carbocycles. The minimum Gasteiger partial charge on any atom is -0.778 e. The first kappa shape index (κ1) is 20.6. The molecule has 1 heterocycles. The Balaban J connectivity index is 1.85.